The SMILES string of the molecule is O=S(=O)(NCCN1CCOCC1)c1ccc(Nc2nccc(-c3ccc(O)cc3)n2)cc1. The Bertz CT molecular complexity index is 1130. The molecule has 1 aliphatic heterocycles. The van der Waals surface area contributed by atoms with E-state index >= 15 is 0 Å². The average Bonchev–Trinajstić information content (AvgIpc) is 2.81. The number of hydrogen-bond acceptors (Lipinski definition) is 8. The zero-order chi connectivity index (χ0) is 22.4. The molecular weight excluding hydrogens is 430 g/mol. The van der Waals surface area contributed by atoms with Crippen molar-refractivity contribution in [2.75, 3.05) is 44.7 Å². The zero-order valence-corrected chi connectivity index (χ0v) is 18.3. The van der Waals surface area contributed by atoms with Gasteiger partial charge in [-0.1, -0.05) is 0 Å². The monoisotopic (exact) mass is 455 g/mol. The van der Waals surface area contributed by atoms with Gasteiger partial charge < -0.3 is 15.2 Å². The van der Waals surface area contributed by atoms with Crippen LogP contribution >= 0.6 is 0 Å². The molecule has 10 heteroatoms. The fourth-order valence-corrected chi connectivity index (χ4v) is 4.33. The normalized spacial score (nSPS) is 14.9. The third kappa shape index (κ3) is 5.80. The van der Waals surface area contributed by atoms with Crippen molar-refractivity contribution in [3.63, 3.8) is 0 Å². The van der Waals surface area contributed by atoms with Crippen LogP contribution in [0, 0.1) is 0 Å². The van der Waals surface area contributed by atoms with E-state index in [1.165, 1.54) is 0 Å². The van der Waals surface area contributed by atoms with Gasteiger partial charge in [-0.15, -0.1) is 0 Å². The van der Waals surface area contributed by atoms with Gasteiger partial charge in [0.15, 0.2) is 0 Å². The van der Waals surface area contributed by atoms with Crippen LogP contribution in [0.5, 0.6) is 5.75 Å². The summed E-state index contributed by atoms with van der Waals surface area (Å²) in [5.74, 6) is 0.571. The molecule has 0 saturated carbocycles. The first kappa shape index (κ1) is 22.2. The number of sulfonamides is 1. The molecule has 0 radical (unpaired) electrons. The topological polar surface area (TPSA) is 117 Å². The van der Waals surface area contributed by atoms with Gasteiger partial charge in [-0.05, 0) is 54.6 Å². The highest BCUT2D eigenvalue weighted by Crippen LogP contribution is 2.22. The standard InChI is InChI=1S/C22H25N5O4S/c28-19-5-1-17(2-6-19)21-9-10-23-22(26-21)25-18-3-7-20(8-4-18)32(29,30)24-11-12-27-13-15-31-16-14-27/h1-10,24,28H,11-16H2,(H,23,25,26). The van der Waals surface area contributed by atoms with Crippen molar-refractivity contribution in [3.05, 3.63) is 60.8 Å². The Balaban J connectivity index is 1.37. The fourth-order valence-electron chi connectivity index (χ4n) is 3.30. The van der Waals surface area contributed by atoms with Crippen molar-refractivity contribution in [1.82, 2.24) is 19.6 Å². The minimum atomic E-state index is -3.58. The number of rotatable bonds is 8. The summed E-state index contributed by atoms with van der Waals surface area (Å²) >= 11 is 0. The number of nitrogens with zero attached hydrogens (tertiary/aromatic N) is 3. The van der Waals surface area contributed by atoms with Gasteiger partial charge in [-0.2, -0.15) is 0 Å². The molecule has 0 spiro atoms. The highest BCUT2D eigenvalue weighted by Gasteiger charge is 2.15. The predicted molar refractivity (Wildman–Crippen MR) is 121 cm³/mol. The number of ether oxygens (including phenoxy) is 1. The van der Waals surface area contributed by atoms with E-state index in [0.29, 0.717) is 43.6 Å². The van der Waals surface area contributed by atoms with Crippen LogP contribution in [0.3, 0.4) is 0 Å². The van der Waals surface area contributed by atoms with E-state index in [9.17, 15) is 13.5 Å². The van der Waals surface area contributed by atoms with E-state index in [1.54, 1.807) is 60.8 Å². The van der Waals surface area contributed by atoms with Crippen molar-refractivity contribution in [3.8, 4) is 17.0 Å². The van der Waals surface area contributed by atoms with Crippen molar-refractivity contribution in [2.45, 2.75) is 4.90 Å². The lowest BCUT2D eigenvalue weighted by atomic mass is 10.1. The van der Waals surface area contributed by atoms with E-state index < -0.39 is 10.0 Å². The minimum Gasteiger partial charge on any atom is -0.508 e. The van der Waals surface area contributed by atoms with E-state index in [4.69, 9.17) is 4.74 Å². The van der Waals surface area contributed by atoms with E-state index in [-0.39, 0.29) is 10.6 Å². The summed E-state index contributed by atoms with van der Waals surface area (Å²) in [5.41, 5.74) is 2.21. The maximum Gasteiger partial charge on any atom is 0.240 e. The molecule has 1 saturated heterocycles. The Morgan fingerprint density at radius 1 is 1.00 bits per heavy atom. The number of phenolic OH excluding ortho intramolecular Hbond substituents is 1. The van der Waals surface area contributed by atoms with Gasteiger partial charge in [0, 0.05) is 43.6 Å². The molecule has 1 fully saturated rings. The minimum absolute atomic E-state index is 0.187. The quantitative estimate of drug-likeness (QED) is 0.473. The third-order valence-electron chi connectivity index (χ3n) is 5.06. The van der Waals surface area contributed by atoms with E-state index in [2.05, 4.69) is 24.9 Å². The maximum atomic E-state index is 12.6. The maximum absolute atomic E-state index is 12.6. The molecule has 4 rings (SSSR count). The molecule has 1 aliphatic rings. The summed E-state index contributed by atoms with van der Waals surface area (Å²) < 4.78 is 33.1. The highest BCUT2D eigenvalue weighted by atomic mass is 32.2. The number of anilines is 2. The molecule has 0 aliphatic carbocycles. The molecule has 168 valence electrons. The summed E-state index contributed by atoms with van der Waals surface area (Å²) in [4.78, 5) is 11.1. The Kier molecular flexibility index (Phi) is 6.96. The molecule has 2 heterocycles. The van der Waals surface area contributed by atoms with Crippen molar-refractivity contribution in [1.29, 1.82) is 0 Å². The van der Waals surface area contributed by atoms with Gasteiger partial charge >= 0.3 is 0 Å². The molecule has 0 unspecified atom stereocenters. The summed E-state index contributed by atoms with van der Waals surface area (Å²) in [5, 5.41) is 12.5. The van der Waals surface area contributed by atoms with Gasteiger partial charge in [0.1, 0.15) is 5.75 Å². The molecule has 0 bridgehead atoms. The molecule has 3 N–H and O–H groups in total. The lowest BCUT2D eigenvalue weighted by molar-refractivity contribution is 0.0390. The van der Waals surface area contributed by atoms with Crippen molar-refractivity contribution in [2.24, 2.45) is 0 Å². The first-order valence-electron chi connectivity index (χ1n) is 10.3. The molecule has 32 heavy (non-hydrogen) atoms. The van der Waals surface area contributed by atoms with Crippen LogP contribution in [0.2, 0.25) is 0 Å². The van der Waals surface area contributed by atoms with Crippen LogP contribution in [-0.4, -0.2) is 67.8 Å². The zero-order valence-electron chi connectivity index (χ0n) is 17.4. The number of nitrogens with one attached hydrogen (secondary N) is 2. The highest BCUT2D eigenvalue weighted by molar-refractivity contribution is 7.89. The second-order valence-electron chi connectivity index (χ2n) is 7.31. The van der Waals surface area contributed by atoms with E-state index in [1.807, 2.05) is 0 Å². The fraction of sp³-hybridized carbons (Fsp3) is 0.273. The number of hydrogen-bond donors (Lipinski definition) is 3. The Morgan fingerprint density at radius 2 is 1.72 bits per heavy atom. The lowest BCUT2D eigenvalue weighted by Crippen LogP contribution is -2.41. The molecule has 1 aromatic heterocycles. The van der Waals surface area contributed by atoms with Crippen LogP contribution in [-0.2, 0) is 14.8 Å². The predicted octanol–water partition coefficient (Wildman–Crippen LogP) is 2.20. The Hall–Kier alpha value is -3.05. The molecule has 3 aromatic rings. The number of phenols is 1. The van der Waals surface area contributed by atoms with E-state index in [0.717, 1.165) is 18.7 Å². The number of aromatic nitrogens is 2. The van der Waals surface area contributed by atoms with Crippen LogP contribution in [0.4, 0.5) is 11.6 Å². The van der Waals surface area contributed by atoms with Crippen LogP contribution < -0.4 is 10.0 Å². The molecule has 0 amide bonds. The first-order valence-corrected chi connectivity index (χ1v) is 11.8. The molecule has 0 atom stereocenters. The van der Waals surface area contributed by atoms with Crippen LogP contribution in [0.25, 0.3) is 11.3 Å². The summed E-state index contributed by atoms with van der Waals surface area (Å²) in [7, 11) is -3.58. The molecular formula is C22H25N5O4S. The molecule has 9 nitrogen and oxygen atoms in total. The number of benzene rings is 2. The van der Waals surface area contributed by atoms with Crippen LogP contribution in [0.15, 0.2) is 65.7 Å². The van der Waals surface area contributed by atoms with Crippen molar-refractivity contribution >= 4 is 21.7 Å². The summed E-state index contributed by atoms with van der Waals surface area (Å²) in [6, 6.07) is 14.9. The number of aromatic hydroxyl groups is 1. The second-order valence-corrected chi connectivity index (χ2v) is 9.08. The smallest absolute Gasteiger partial charge is 0.240 e. The largest absolute Gasteiger partial charge is 0.508 e. The lowest BCUT2D eigenvalue weighted by Gasteiger charge is -2.26. The summed E-state index contributed by atoms with van der Waals surface area (Å²) in [6.07, 6.45) is 1.63. The summed E-state index contributed by atoms with van der Waals surface area (Å²) in [6.45, 7) is 4.00. The van der Waals surface area contributed by atoms with Gasteiger partial charge in [0.05, 0.1) is 23.8 Å². The average molecular weight is 456 g/mol. The van der Waals surface area contributed by atoms with Crippen LogP contribution in [0.1, 0.15) is 0 Å². The number of morpholine rings is 1. The second kappa shape index (κ2) is 10.0. The van der Waals surface area contributed by atoms with Gasteiger partial charge in [-0.25, -0.2) is 23.1 Å². The Labute approximate surface area is 187 Å². The third-order valence-corrected chi connectivity index (χ3v) is 6.54. The van der Waals surface area contributed by atoms with Gasteiger partial charge in [-0.3, -0.25) is 4.90 Å². The van der Waals surface area contributed by atoms with Crippen molar-refractivity contribution < 1.29 is 18.3 Å². The Morgan fingerprint density at radius 3 is 2.44 bits per heavy atom. The molecule has 2 aromatic carbocycles. The first-order chi connectivity index (χ1) is 15.5. The van der Waals surface area contributed by atoms with Gasteiger partial charge in [0.2, 0.25) is 16.0 Å². The van der Waals surface area contributed by atoms with Gasteiger partial charge in [0.25, 0.3) is 0 Å².